The van der Waals surface area contributed by atoms with E-state index in [1.165, 1.54) is 20.2 Å². The molecule has 0 saturated carbocycles. The van der Waals surface area contributed by atoms with Crippen molar-refractivity contribution < 1.29 is 0 Å². The molecule has 0 aliphatic rings. The van der Waals surface area contributed by atoms with E-state index in [2.05, 4.69) is 63.9 Å². The Morgan fingerprint density at radius 2 is 1.81 bits per heavy atom. The summed E-state index contributed by atoms with van der Waals surface area (Å²) in [4.78, 5) is 11.2. The van der Waals surface area contributed by atoms with Gasteiger partial charge in [-0.2, -0.15) is 0 Å². The Morgan fingerprint density at radius 1 is 0.952 bits per heavy atom. The van der Waals surface area contributed by atoms with Crippen molar-refractivity contribution in [1.82, 2.24) is 9.97 Å². The van der Waals surface area contributed by atoms with E-state index in [-0.39, 0.29) is 0 Å². The molecule has 2 nitrogen and oxygen atoms in total. The van der Waals surface area contributed by atoms with Crippen LogP contribution in [0.3, 0.4) is 0 Å². The van der Waals surface area contributed by atoms with Gasteiger partial charge in [0.25, 0.3) is 0 Å². The van der Waals surface area contributed by atoms with Gasteiger partial charge in [-0.3, -0.25) is 0 Å². The van der Waals surface area contributed by atoms with Crippen LogP contribution in [0.5, 0.6) is 0 Å². The normalized spacial score (nSPS) is 11.0. The quantitative estimate of drug-likeness (QED) is 0.545. The van der Waals surface area contributed by atoms with E-state index < -0.39 is 0 Å². The average Bonchev–Trinajstić information content (AvgIpc) is 3.19. The van der Waals surface area contributed by atoms with E-state index in [1.54, 1.807) is 29.4 Å². The second-order valence-electron chi connectivity index (χ2n) is 4.69. The number of nitrogens with zero attached hydrogens (tertiary/aromatic N) is 1. The van der Waals surface area contributed by atoms with Crippen molar-refractivity contribution in [3.8, 4) is 10.4 Å². The van der Waals surface area contributed by atoms with E-state index >= 15 is 0 Å². The molecule has 2 aromatic carbocycles. The first-order valence-corrected chi connectivity index (χ1v) is 8.33. The van der Waals surface area contributed by atoms with E-state index in [9.17, 15) is 0 Å². The number of aromatic amines is 1. The first-order chi connectivity index (χ1) is 10.4. The average molecular weight is 308 g/mol. The summed E-state index contributed by atoms with van der Waals surface area (Å²) in [5.41, 5.74) is 3.36. The number of nitrogens with one attached hydrogen (secondary N) is 1. The number of fused-ring (bicyclic) bond motifs is 1. The Hall–Kier alpha value is -2.04. The molecule has 4 rings (SSSR count). The van der Waals surface area contributed by atoms with Gasteiger partial charge in [0.05, 0.1) is 17.4 Å². The zero-order chi connectivity index (χ0) is 14.1. The molecular weight excluding hydrogens is 296 g/mol. The molecule has 0 radical (unpaired) electrons. The van der Waals surface area contributed by atoms with Crippen LogP contribution in [-0.2, 0) is 0 Å². The third kappa shape index (κ3) is 2.60. The maximum atomic E-state index is 4.24. The fraction of sp³-hybridized carbons (Fsp3) is 0. The summed E-state index contributed by atoms with van der Waals surface area (Å²) in [6.07, 6.45) is 1.73. The number of thiophene rings is 1. The maximum Gasteiger partial charge on any atom is 0.0931 e. The molecule has 0 atom stereocenters. The topological polar surface area (TPSA) is 28.7 Å². The van der Waals surface area contributed by atoms with Gasteiger partial charge < -0.3 is 4.98 Å². The number of hydrogen-bond donors (Lipinski definition) is 1. The van der Waals surface area contributed by atoms with Crippen LogP contribution in [0.25, 0.3) is 21.5 Å². The fourth-order valence-corrected chi connectivity index (χ4v) is 3.83. The zero-order valence-corrected chi connectivity index (χ0v) is 12.7. The van der Waals surface area contributed by atoms with Crippen LogP contribution in [-0.4, -0.2) is 9.97 Å². The molecule has 0 unspecified atom stereocenters. The van der Waals surface area contributed by atoms with Crippen LogP contribution in [0.15, 0.2) is 76.1 Å². The monoisotopic (exact) mass is 308 g/mol. The van der Waals surface area contributed by atoms with Crippen molar-refractivity contribution >= 4 is 34.1 Å². The lowest BCUT2D eigenvalue weighted by Gasteiger charge is -2.03. The zero-order valence-electron chi connectivity index (χ0n) is 11.1. The van der Waals surface area contributed by atoms with Gasteiger partial charge in [-0.15, -0.1) is 11.3 Å². The van der Waals surface area contributed by atoms with Gasteiger partial charge in [-0.05, 0) is 47.3 Å². The van der Waals surface area contributed by atoms with Crippen LogP contribution in [0.1, 0.15) is 0 Å². The van der Waals surface area contributed by atoms with Crippen molar-refractivity contribution in [1.29, 1.82) is 0 Å². The van der Waals surface area contributed by atoms with Gasteiger partial charge in [-0.1, -0.05) is 30.0 Å². The smallest absolute Gasteiger partial charge is 0.0931 e. The molecule has 21 heavy (non-hydrogen) atoms. The Labute approximate surface area is 130 Å². The molecule has 0 saturated heterocycles. The van der Waals surface area contributed by atoms with Gasteiger partial charge in [0, 0.05) is 14.7 Å². The molecule has 0 aliphatic heterocycles. The van der Waals surface area contributed by atoms with Crippen molar-refractivity contribution in [2.45, 2.75) is 9.79 Å². The third-order valence-corrected chi connectivity index (χ3v) is 5.20. The molecule has 0 fully saturated rings. The predicted octanol–water partition coefficient (Wildman–Crippen LogP) is 5.44. The third-order valence-electron chi connectivity index (χ3n) is 3.29. The highest BCUT2D eigenvalue weighted by atomic mass is 32.2. The Balaban J connectivity index is 1.59. The van der Waals surface area contributed by atoms with Gasteiger partial charge in [0.1, 0.15) is 0 Å². The number of aromatic nitrogens is 2. The highest BCUT2D eigenvalue weighted by Gasteiger charge is 2.02. The van der Waals surface area contributed by atoms with E-state index in [0.29, 0.717) is 0 Å². The van der Waals surface area contributed by atoms with E-state index in [1.807, 2.05) is 6.07 Å². The number of H-pyrrole nitrogens is 1. The number of hydrogen-bond acceptors (Lipinski definition) is 3. The second-order valence-corrected chi connectivity index (χ2v) is 6.78. The SMILES string of the molecule is c1csc(-c2ccc(Sc3ccc4nc[nH]c4c3)cc2)c1. The molecule has 2 aromatic heterocycles. The summed E-state index contributed by atoms with van der Waals surface area (Å²) >= 11 is 3.54. The van der Waals surface area contributed by atoms with E-state index in [4.69, 9.17) is 0 Å². The lowest BCUT2D eigenvalue weighted by molar-refractivity contribution is 1.34. The summed E-state index contributed by atoms with van der Waals surface area (Å²) in [6.45, 7) is 0. The molecule has 0 spiro atoms. The lowest BCUT2D eigenvalue weighted by atomic mass is 10.2. The first kappa shape index (κ1) is 12.7. The minimum absolute atomic E-state index is 1.01. The largest absolute Gasteiger partial charge is 0.345 e. The van der Waals surface area contributed by atoms with Crippen molar-refractivity contribution in [2.75, 3.05) is 0 Å². The van der Waals surface area contributed by atoms with Crippen LogP contribution in [0, 0.1) is 0 Å². The molecule has 0 amide bonds. The minimum atomic E-state index is 1.01. The summed E-state index contributed by atoms with van der Waals surface area (Å²) < 4.78 is 0. The molecule has 4 aromatic rings. The molecule has 0 aliphatic carbocycles. The number of rotatable bonds is 3. The lowest BCUT2D eigenvalue weighted by Crippen LogP contribution is -1.77. The Morgan fingerprint density at radius 3 is 2.62 bits per heavy atom. The molecule has 4 heteroatoms. The van der Waals surface area contributed by atoms with Crippen LogP contribution in [0.4, 0.5) is 0 Å². The van der Waals surface area contributed by atoms with Crippen molar-refractivity contribution in [3.63, 3.8) is 0 Å². The van der Waals surface area contributed by atoms with Crippen LogP contribution >= 0.6 is 23.1 Å². The fourth-order valence-electron chi connectivity index (χ4n) is 2.24. The first-order valence-electron chi connectivity index (χ1n) is 6.63. The summed E-state index contributed by atoms with van der Waals surface area (Å²) in [5.74, 6) is 0. The molecule has 2 heterocycles. The highest BCUT2D eigenvalue weighted by Crippen LogP contribution is 2.32. The highest BCUT2D eigenvalue weighted by molar-refractivity contribution is 7.99. The van der Waals surface area contributed by atoms with Gasteiger partial charge in [0.2, 0.25) is 0 Å². The summed E-state index contributed by atoms with van der Waals surface area (Å²) in [7, 11) is 0. The van der Waals surface area contributed by atoms with E-state index in [0.717, 1.165) is 11.0 Å². The summed E-state index contributed by atoms with van der Waals surface area (Å²) in [5, 5.41) is 2.11. The Kier molecular flexibility index (Phi) is 3.25. The number of imidazole rings is 1. The molecule has 0 bridgehead atoms. The van der Waals surface area contributed by atoms with Gasteiger partial charge >= 0.3 is 0 Å². The molecular formula is C17H12N2S2. The number of benzene rings is 2. The standard InChI is InChI=1S/C17H12N2S2/c1-2-17(20-9-1)12-3-5-13(6-4-12)21-14-7-8-15-16(10-14)19-11-18-15/h1-11H,(H,18,19). The molecule has 102 valence electrons. The van der Waals surface area contributed by atoms with Gasteiger partial charge in [-0.25, -0.2) is 4.98 Å². The van der Waals surface area contributed by atoms with Crippen molar-refractivity contribution in [2.24, 2.45) is 0 Å². The maximum absolute atomic E-state index is 4.24. The minimum Gasteiger partial charge on any atom is -0.345 e. The van der Waals surface area contributed by atoms with Crippen molar-refractivity contribution in [3.05, 3.63) is 66.3 Å². The Bertz CT molecular complexity index is 861. The predicted molar refractivity (Wildman–Crippen MR) is 90.0 cm³/mol. The van der Waals surface area contributed by atoms with Gasteiger partial charge in [0.15, 0.2) is 0 Å². The molecule has 1 N–H and O–H groups in total. The second kappa shape index (κ2) is 5.39. The summed E-state index contributed by atoms with van der Waals surface area (Å²) in [6, 6.07) is 19.3. The van der Waals surface area contributed by atoms with Crippen LogP contribution < -0.4 is 0 Å². The van der Waals surface area contributed by atoms with Crippen LogP contribution in [0.2, 0.25) is 0 Å².